The van der Waals surface area contributed by atoms with E-state index in [1.807, 2.05) is 0 Å². The Bertz CT molecular complexity index is 363. The van der Waals surface area contributed by atoms with E-state index in [9.17, 15) is 4.79 Å². The number of hydrogen-bond donors (Lipinski definition) is 1. The van der Waals surface area contributed by atoms with Crippen molar-refractivity contribution < 1.29 is 4.79 Å². The van der Waals surface area contributed by atoms with Crippen LogP contribution < -0.4 is 5.73 Å². The van der Waals surface area contributed by atoms with Gasteiger partial charge in [0.05, 0.1) is 10.0 Å². The highest BCUT2D eigenvalue weighted by atomic mass is 35.5. The van der Waals surface area contributed by atoms with Gasteiger partial charge < -0.3 is 5.73 Å². The van der Waals surface area contributed by atoms with Crippen LogP contribution in [-0.4, -0.2) is 5.91 Å². The normalized spacial score (nSPS) is 9.86. The minimum Gasteiger partial charge on any atom is -0.366 e. The molecule has 2 N–H and O–H groups in total. The molecule has 0 heterocycles. The van der Waals surface area contributed by atoms with Crippen LogP contribution in [0, 0.1) is 0 Å². The lowest BCUT2D eigenvalue weighted by molar-refractivity contribution is -0.113. The van der Waals surface area contributed by atoms with Gasteiger partial charge in [-0.05, 0) is 23.8 Å². The Kier molecular flexibility index (Phi) is 5.62. The number of primary amides is 1. The fraction of sp³-hybridized carbons (Fsp3) is 0. The standard InChI is InChI=1S/C9H7Cl2NO.ClH/c10-7-3-1-6(5-8(7)11)2-4-9(12)13;/h1-5H,(H2,12,13);1H. The van der Waals surface area contributed by atoms with E-state index in [2.05, 4.69) is 0 Å². The van der Waals surface area contributed by atoms with Crippen molar-refractivity contribution in [1.29, 1.82) is 0 Å². The van der Waals surface area contributed by atoms with Gasteiger partial charge in [-0.3, -0.25) is 4.79 Å². The molecule has 0 spiro atoms. The van der Waals surface area contributed by atoms with Crippen LogP contribution in [0.15, 0.2) is 24.3 Å². The van der Waals surface area contributed by atoms with Gasteiger partial charge in [-0.1, -0.05) is 29.3 Å². The lowest BCUT2D eigenvalue weighted by Crippen LogP contribution is -2.04. The summed E-state index contributed by atoms with van der Waals surface area (Å²) in [5, 5.41) is 0.936. The van der Waals surface area contributed by atoms with Crippen LogP contribution in [0.4, 0.5) is 0 Å². The van der Waals surface area contributed by atoms with E-state index in [-0.39, 0.29) is 12.4 Å². The van der Waals surface area contributed by atoms with Crippen LogP contribution in [0.1, 0.15) is 5.56 Å². The minimum atomic E-state index is -0.494. The summed E-state index contributed by atoms with van der Waals surface area (Å²) in [4.78, 5) is 10.4. The maximum Gasteiger partial charge on any atom is 0.241 e. The van der Waals surface area contributed by atoms with Gasteiger partial charge >= 0.3 is 0 Å². The molecular weight excluding hydrogens is 244 g/mol. The van der Waals surface area contributed by atoms with E-state index in [4.69, 9.17) is 28.9 Å². The molecule has 1 rings (SSSR count). The van der Waals surface area contributed by atoms with Gasteiger partial charge in [0.25, 0.3) is 0 Å². The monoisotopic (exact) mass is 251 g/mol. The molecule has 0 atom stereocenters. The zero-order valence-corrected chi connectivity index (χ0v) is 9.36. The quantitative estimate of drug-likeness (QED) is 0.808. The summed E-state index contributed by atoms with van der Waals surface area (Å²) in [5.74, 6) is -0.494. The van der Waals surface area contributed by atoms with Gasteiger partial charge in [0.2, 0.25) is 5.91 Å². The molecule has 0 aromatic heterocycles. The van der Waals surface area contributed by atoms with Crippen LogP contribution in [-0.2, 0) is 4.79 Å². The van der Waals surface area contributed by atoms with E-state index in [1.54, 1.807) is 24.3 Å². The summed E-state index contributed by atoms with van der Waals surface area (Å²) in [6, 6.07) is 5.06. The molecule has 0 aliphatic rings. The van der Waals surface area contributed by atoms with E-state index >= 15 is 0 Å². The number of amides is 1. The summed E-state index contributed by atoms with van der Waals surface area (Å²) in [5.41, 5.74) is 5.71. The van der Waals surface area contributed by atoms with E-state index in [0.29, 0.717) is 10.0 Å². The first kappa shape index (κ1) is 13.3. The Morgan fingerprint density at radius 2 is 1.93 bits per heavy atom. The zero-order chi connectivity index (χ0) is 9.84. The summed E-state index contributed by atoms with van der Waals surface area (Å²) in [6.45, 7) is 0. The van der Waals surface area contributed by atoms with Crippen LogP contribution in [0.3, 0.4) is 0 Å². The largest absolute Gasteiger partial charge is 0.366 e. The lowest BCUT2D eigenvalue weighted by atomic mass is 10.2. The van der Waals surface area contributed by atoms with Crippen molar-refractivity contribution in [3.63, 3.8) is 0 Å². The zero-order valence-electron chi connectivity index (χ0n) is 7.04. The van der Waals surface area contributed by atoms with Gasteiger partial charge in [-0.15, -0.1) is 12.4 Å². The van der Waals surface area contributed by atoms with Gasteiger partial charge in [-0.25, -0.2) is 0 Å². The van der Waals surface area contributed by atoms with E-state index in [0.717, 1.165) is 5.56 Å². The molecular formula is C9H8Cl3NO. The SMILES string of the molecule is Cl.NC(=O)C=Cc1ccc(Cl)c(Cl)c1. The highest BCUT2D eigenvalue weighted by Crippen LogP contribution is 2.22. The van der Waals surface area contributed by atoms with Gasteiger partial charge in [-0.2, -0.15) is 0 Å². The number of halogens is 3. The van der Waals surface area contributed by atoms with E-state index < -0.39 is 5.91 Å². The van der Waals surface area contributed by atoms with Crippen molar-refractivity contribution in [3.8, 4) is 0 Å². The molecule has 0 saturated carbocycles. The van der Waals surface area contributed by atoms with Crippen LogP contribution in [0.2, 0.25) is 10.0 Å². The highest BCUT2D eigenvalue weighted by Gasteiger charge is 1.96. The molecule has 14 heavy (non-hydrogen) atoms. The summed E-state index contributed by atoms with van der Waals surface area (Å²) < 4.78 is 0. The Hall–Kier alpha value is -0.700. The Morgan fingerprint density at radius 3 is 2.43 bits per heavy atom. The second kappa shape index (κ2) is 5.91. The number of nitrogens with two attached hydrogens (primary N) is 1. The first-order valence-electron chi connectivity index (χ1n) is 3.52. The van der Waals surface area contributed by atoms with Crippen molar-refractivity contribution in [2.24, 2.45) is 5.73 Å². The second-order valence-electron chi connectivity index (χ2n) is 2.41. The molecule has 0 aliphatic carbocycles. The molecule has 0 unspecified atom stereocenters. The average Bonchev–Trinajstić information content (AvgIpc) is 2.07. The number of carbonyl (C=O) groups excluding carboxylic acids is 1. The molecule has 0 radical (unpaired) electrons. The first-order valence-corrected chi connectivity index (χ1v) is 4.28. The third-order valence-electron chi connectivity index (χ3n) is 1.38. The molecule has 1 aromatic rings. The lowest BCUT2D eigenvalue weighted by Gasteiger charge is -1.96. The third kappa shape index (κ3) is 4.01. The molecule has 1 aromatic carbocycles. The molecule has 1 amide bonds. The van der Waals surface area contributed by atoms with Crippen molar-refractivity contribution in [2.75, 3.05) is 0 Å². The fourth-order valence-corrected chi connectivity index (χ4v) is 1.10. The van der Waals surface area contributed by atoms with Gasteiger partial charge in [0, 0.05) is 6.08 Å². The smallest absolute Gasteiger partial charge is 0.241 e. The molecule has 5 heteroatoms. The fourth-order valence-electron chi connectivity index (χ4n) is 0.794. The van der Waals surface area contributed by atoms with Crippen LogP contribution in [0.25, 0.3) is 6.08 Å². The number of carbonyl (C=O) groups is 1. The summed E-state index contributed by atoms with van der Waals surface area (Å²) in [7, 11) is 0. The van der Waals surface area contributed by atoms with Crippen molar-refractivity contribution in [1.82, 2.24) is 0 Å². The maximum absolute atomic E-state index is 10.4. The molecule has 0 aliphatic heterocycles. The number of hydrogen-bond acceptors (Lipinski definition) is 1. The Balaban J connectivity index is 0.00000169. The van der Waals surface area contributed by atoms with E-state index in [1.165, 1.54) is 6.08 Å². The predicted molar refractivity (Wildman–Crippen MR) is 61.9 cm³/mol. The topological polar surface area (TPSA) is 43.1 Å². The van der Waals surface area contributed by atoms with Crippen molar-refractivity contribution in [2.45, 2.75) is 0 Å². The number of benzene rings is 1. The summed E-state index contributed by atoms with van der Waals surface area (Å²) >= 11 is 11.4. The van der Waals surface area contributed by atoms with Crippen molar-refractivity contribution >= 4 is 47.6 Å². The molecule has 0 fully saturated rings. The molecule has 76 valence electrons. The first-order chi connectivity index (χ1) is 6.09. The van der Waals surface area contributed by atoms with Crippen LogP contribution >= 0.6 is 35.6 Å². The average molecular weight is 253 g/mol. The van der Waals surface area contributed by atoms with Crippen molar-refractivity contribution in [3.05, 3.63) is 39.9 Å². The molecule has 2 nitrogen and oxygen atoms in total. The maximum atomic E-state index is 10.4. The van der Waals surface area contributed by atoms with Crippen LogP contribution in [0.5, 0.6) is 0 Å². The minimum absolute atomic E-state index is 0. The van der Waals surface area contributed by atoms with Gasteiger partial charge in [0.15, 0.2) is 0 Å². The number of rotatable bonds is 2. The molecule has 0 bridgehead atoms. The Morgan fingerprint density at radius 1 is 1.29 bits per heavy atom. The summed E-state index contributed by atoms with van der Waals surface area (Å²) in [6.07, 6.45) is 2.84. The predicted octanol–water partition coefficient (Wildman–Crippen LogP) is 2.91. The Labute approximate surface area is 98.1 Å². The second-order valence-corrected chi connectivity index (χ2v) is 3.22. The van der Waals surface area contributed by atoms with Gasteiger partial charge in [0.1, 0.15) is 0 Å². The molecule has 0 saturated heterocycles. The third-order valence-corrected chi connectivity index (χ3v) is 2.12. The highest BCUT2D eigenvalue weighted by molar-refractivity contribution is 6.42.